The summed E-state index contributed by atoms with van der Waals surface area (Å²) in [5, 5.41) is 14.2. The van der Waals surface area contributed by atoms with Crippen LogP contribution >= 0.6 is 39.0 Å². The van der Waals surface area contributed by atoms with Crippen LogP contribution in [0.15, 0.2) is 50.4 Å². The van der Waals surface area contributed by atoms with Crippen molar-refractivity contribution in [3.8, 4) is 11.4 Å². The molecular weight excluding hydrogens is 380 g/mol. The largest absolute Gasteiger partial charge is 0.212 e. The number of aromatic nitrogens is 3. The van der Waals surface area contributed by atoms with Gasteiger partial charge >= 0.3 is 0 Å². The van der Waals surface area contributed by atoms with Gasteiger partial charge in [-0.05, 0) is 41.1 Å². The van der Waals surface area contributed by atoms with E-state index in [0.717, 1.165) is 31.8 Å². The lowest BCUT2D eigenvalue weighted by Gasteiger charge is -2.12. The molecule has 0 fully saturated rings. The molecule has 3 aromatic rings. The van der Waals surface area contributed by atoms with E-state index in [9.17, 15) is 0 Å². The molecule has 0 saturated heterocycles. The molecule has 4 nitrogen and oxygen atoms in total. The van der Waals surface area contributed by atoms with E-state index in [0.29, 0.717) is 0 Å². The number of fused-ring (bicyclic) bond motifs is 1. The van der Waals surface area contributed by atoms with Crippen LogP contribution in [0, 0.1) is 6.92 Å². The summed E-state index contributed by atoms with van der Waals surface area (Å²) in [5.41, 5.74) is 3.29. The van der Waals surface area contributed by atoms with E-state index < -0.39 is 0 Å². The molecule has 3 heterocycles. The third-order valence-electron chi connectivity index (χ3n) is 3.30. The maximum absolute atomic E-state index is 4.77. The lowest BCUT2D eigenvalue weighted by molar-refractivity contribution is 0.763. The Morgan fingerprint density at radius 3 is 2.86 bits per heavy atom. The Morgan fingerprint density at radius 1 is 1.18 bits per heavy atom. The van der Waals surface area contributed by atoms with Crippen LogP contribution < -0.4 is 0 Å². The Bertz CT molecular complexity index is 881. The van der Waals surface area contributed by atoms with Crippen LogP contribution in [-0.2, 0) is 0 Å². The lowest BCUT2D eigenvalue weighted by atomic mass is 10.1. The molecule has 1 aliphatic heterocycles. The van der Waals surface area contributed by atoms with Gasteiger partial charge in [0.05, 0.1) is 14.4 Å². The number of thiophene rings is 1. The van der Waals surface area contributed by atoms with E-state index in [1.54, 1.807) is 23.1 Å². The minimum absolute atomic E-state index is 0.791. The quantitative estimate of drug-likeness (QED) is 0.649. The van der Waals surface area contributed by atoms with E-state index in [4.69, 9.17) is 5.10 Å². The standard InChI is InChI=1S/C15H11BrN4S2/c1-9-3-2-4-10(7-9)14-17-18-15-20(14)19-11(8-21-15)12-5-6-13(16)22-12/h2-7H,8H2,1H3. The molecular formula is C15H11BrN4S2. The second-order valence-electron chi connectivity index (χ2n) is 4.93. The molecule has 7 heteroatoms. The zero-order valence-corrected chi connectivity index (χ0v) is 14.9. The van der Waals surface area contributed by atoms with Gasteiger partial charge in [0.25, 0.3) is 0 Å². The van der Waals surface area contributed by atoms with Crippen LogP contribution in [-0.4, -0.2) is 26.3 Å². The van der Waals surface area contributed by atoms with Crippen LogP contribution in [0.1, 0.15) is 10.4 Å². The zero-order chi connectivity index (χ0) is 15.1. The van der Waals surface area contributed by atoms with E-state index in [2.05, 4.69) is 57.3 Å². The Hall–Kier alpha value is -1.44. The molecule has 0 N–H and O–H groups in total. The molecule has 0 bridgehead atoms. The topological polar surface area (TPSA) is 43.1 Å². The summed E-state index contributed by atoms with van der Waals surface area (Å²) < 4.78 is 2.97. The third-order valence-corrected chi connectivity index (χ3v) is 5.91. The summed E-state index contributed by atoms with van der Waals surface area (Å²) in [6, 6.07) is 12.4. The van der Waals surface area contributed by atoms with Gasteiger partial charge in [0, 0.05) is 11.3 Å². The molecule has 0 radical (unpaired) electrons. The van der Waals surface area contributed by atoms with Crippen molar-refractivity contribution >= 4 is 44.7 Å². The molecule has 110 valence electrons. The summed E-state index contributed by atoms with van der Waals surface area (Å²) in [6.07, 6.45) is 0. The highest BCUT2D eigenvalue weighted by Crippen LogP contribution is 2.31. The molecule has 22 heavy (non-hydrogen) atoms. The summed E-state index contributed by atoms with van der Waals surface area (Å²) >= 11 is 6.87. The number of hydrogen-bond acceptors (Lipinski definition) is 5. The third kappa shape index (κ3) is 2.53. The summed E-state index contributed by atoms with van der Waals surface area (Å²) in [5.74, 6) is 1.61. The average Bonchev–Trinajstić information content (AvgIpc) is 3.12. The Labute approximate surface area is 144 Å². The van der Waals surface area contributed by atoms with Gasteiger partial charge in [-0.1, -0.05) is 35.5 Å². The highest BCUT2D eigenvalue weighted by atomic mass is 79.9. The van der Waals surface area contributed by atoms with Crippen molar-refractivity contribution in [2.45, 2.75) is 12.1 Å². The van der Waals surface area contributed by atoms with E-state index in [1.807, 2.05) is 16.8 Å². The molecule has 4 rings (SSSR count). The number of nitrogens with zero attached hydrogens (tertiary/aromatic N) is 4. The number of halogens is 1. The van der Waals surface area contributed by atoms with Crippen molar-refractivity contribution in [2.75, 3.05) is 5.75 Å². The van der Waals surface area contributed by atoms with Gasteiger partial charge in [0.15, 0.2) is 5.82 Å². The SMILES string of the molecule is Cc1cccc(-c2nnc3n2N=C(c2ccc(Br)s2)CS3)c1. The van der Waals surface area contributed by atoms with Gasteiger partial charge in [-0.15, -0.1) is 21.5 Å². The van der Waals surface area contributed by atoms with Crippen molar-refractivity contribution in [1.29, 1.82) is 0 Å². The van der Waals surface area contributed by atoms with Crippen molar-refractivity contribution in [3.63, 3.8) is 0 Å². The maximum Gasteiger partial charge on any atom is 0.212 e. The molecule has 0 aliphatic carbocycles. The lowest BCUT2D eigenvalue weighted by Crippen LogP contribution is -2.12. The first-order valence-corrected chi connectivity index (χ1v) is 9.29. The van der Waals surface area contributed by atoms with Gasteiger partial charge in [0.2, 0.25) is 5.16 Å². The molecule has 1 aliphatic rings. The monoisotopic (exact) mass is 390 g/mol. The highest BCUT2D eigenvalue weighted by Gasteiger charge is 2.21. The first kappa shape index (κ1) is 14.2. The van der Waals surface area contributed by atoms with Gasteiger partial charge in [0.1, 0.15) is 0 Å². The van der Waals surface area contributed by atoms with Gasteiger partial charge < -0.3 is 0 Å². The highest BCUT2D eigenvalue weighted by molar-refractivity contribution is 9.11. The Morgan fingerprint density at radius 2 is 2.09 bits per heavy atom. The van der Waals surface area contributed by atoms with Gasteiger partial charge in [-0.3, -0.25) is 0 Å². The minimum Gasteiger partial charge on any atom is -0.186 e. The Kier molecular flexibility index (Phi) is 3.63. The number of thioether (sulfide) groups is 1. The summed E-state index contributed by atoms with van der Waals surface area (Å²) in [4.78, 5) is 1.17. The van der Waals surface area contributed by atoms with Crippen LogP contribution in [0.3, 0.4) is 0 Å². The van der Waals surface area contributed by atoms with Crippen molar-refractivity contribution < 1.29 is 0 Å². The van der Waals surface area contributed by atoms with Gasteiger partial charge in [-0.2, -0.15) is 9.78 Å². The molecule has 0 unspecified atom stereocenters. The predicted molar refractivity (Wildman–Crippen MR) is 94.9 cm³/mol. The van der Waals surface area contributed by atoms with Crippen LogP contribution in [0.4, 0.5) is 0 Å². The van der Waals surface area contributed by atoms with E-state index >= 15 is 0 Å². The normalized spacial score (nSPS) is 13.8. The summed E-state index contributed by atoms with van der Waals surface area (Å²) in [6.45, 7) is 2.07. The van der Waals surface area contributed by atoms with Crippen molar-refractivity contribution in [1.82, 2.24) is 14.9 Å². The first-order chi connectivity index (χ1) is 10.7. The molecule has 0 spiro atoms. The zero-order valence-electron chi connectivity index (χ0n) is 11.7. The van der Waals surface area contributed by atoms with Crippen molar-refractivity contribution in [3.05, 3.63) is 50.6 Å². The van der Waals surface area contributed by atoms with E-state index in [-0.39, 0.29) is 0 Å². The molecule has 1 aromatic carbocycles. The molecule has 2 aromatic heterocycles. The number of rotatable bonds is 2. The van der Waals surface area contributed by atoms with Crippen LogP contribution in [0.25, 0.3) is 11.4 Å². The smallest absolute Gasteiger partial charge is 0.186 e. The van der Waals surface area contributed by atoms with Gasteiger partial charge in [-0.25, -0.2) is 0 Å². The van der Waals surface area contributed by atoms with Crippen molar-refractivity contribution in [2.24, 2.45) is 5.10 Å². The number of hydrogen-bond donors (Lipinski definition) is 0. The molecule has 0 saturated carbocycles. The minimum atomic E-state index is 0.791. The van der Waals surface area contributed by atoms with Crippen LogP contribution in [0.2, 0.25) is 0 Å². The fraction of sp³-hybridized carbons (Fsp3) is 0.133. The fourth-order valence-electron chi connectivity index (χ4n) is 2.28. The van der Waals surface area contributed by atoms with Crippen LogP contribution in [0.5, 0.6) is 0 Å². The van der Waals surface area contributed by atoms with E-state index in [1.165, 1.54) is 10.4 Å². The second-order valence-corrected chi connectivity index (χ2v) is 8.33. The number of benzene rings is 1. The number of aryl methyl sites for hydroxylation is 1. The molecule has 0 amide bonds. The average molecular weight is 391 g/mol. The summed E-state index contributed by atoms with van der Waals surface area (Å²) in [7, 11) is 0. The first-order valence-electron chi connectivity index (χ1n) is 6.69. The maximum atomic E-state index is 4.77. The Balaban J connectivity index is 1.81. The second kappa shape index (κ2) is 5.64. The fourth-order valence-corrected chi connectivity index (χ4v) is 4.57. The predicted octanol–water partition coefficient (Wildman–Crippen LogP) is 4.44. The molecule has 0 atom stereocenters.